The van der Waals surface area contributed by atoms with Crippen LogP contribution in [0.5, 0.6) is 5.75 Å². The summed E-state index contributed by atoms with van der Waals surface area (Å²) >= 11 is 5.75. The SMILES string of the molecule is O=C(CCCNC(=O)OCOC(=O)C1CCCC1)Oc1ccc(Cl)cc1. The van der Waals surface area contributed by atoms with Gasteiger partial charge in [0.15, 0.2) is 0 Å². The van der Waals surface area contributed by atoms with E-state index >= 15 is 0 Å². The molecule has 0 heterocycles. The molecule has 0 radical (unpaired) electrons. The number of esters is 2. The number of hydrogen-bond donors (Lipinski definition) is 1. The molecule has 0 spiro atoms. The zero-order valence-electron chi connectivity index (χ0n) is 14.4. The Labute approximate surface area is 156 Å². The van der Waals surface area contributed by atoms with Crippen LogP contribution in [0.25, 0.3) is 0 Å². The van der Waals surface area contributed by atoms with Gasteiger partial charge in [-0.2, -0.15) is 0 Å². The summed E-state index contributed by atoms with van der Waals surface area (Å²) in [5.41, 5.74) is 0. The number of benzene rings is 1. The molecule has 8 heteroatoms. The molecular formula is C18H22ClNO6. The van der Waals surface area contributed by atoms with Crippen LogP contribution in [-0.2, 0) is 19.1 Å². The first kappa shape index (κ1) is 20.0. The largest absolute Gasteiger partial charge is 0.428 e. The van der Waals surface area contributed by atoms with Crippen molar-refractivity contribution in [3.05, 3.63) is 29.3 Å². The van der Waals surface area contributed by atoms with Gasteiger partial charge in [0.25, 0.3) is 0 Å². The van der Waals surface area contributed by atoms with Crippen LogP contribution in [-0.4, -0.2) is 31.4 Å². The molecule has 0 saturated heterocycles. The fraction of sp³-hybridized carbons (Fsp3) is 0.500. The van der Waals surface area contributed by atoms with Gasteiger partial charge in [0.2, 0.25) is 6.79 Å². The van der Waals surface area contributed by atoms with Crippen molar-refractivity contribution in [3.63, 3.8) is 0 Å². The number of ether oxygens (including phenoxy) is 3. The minimum Gasteiger partial charge on any atom is -0.428 e. The van der Waals surface area contributed by atoms with Crippen LogP contribution in [0.1, 0.15) is 38.5 Å². The van der Waals surface area contributed by atoms with Gasteiger partial charge < -0.3 is 19.5 Å². The van der Waals surface area contributed by atoms with Crippen molar-refractivity contribution >= 4 is 29.6 Å². The van der Waals surface area contributed by atoms with Crippen molar-refractivity contribution in [2.45, 2.75) is 38.5 Å². The molecule has 1 saturated carbocycles. The molecule has 1 N–H and O–H groups in total. The Hall–Kier alpha value is -2.28. The number of nitrogens with one attached hydrogen (secondary N) is 1. The summed E-state index contributed by atoms with van der Waals surface area (Å²) in [7, 11) is 0. The summed E-state index contributed by atoms with van der Waals surface area (Å²) in [5.74, 6) is -0.391. The zero-order chi connectivity index (χ0) is 18.8. The van der Waals surface area contributed by atoms with E-state index in [-0.39, 0.29) is 24.9 Å². The van der Waals surface area contributed by atoms with Crippen molar-refractivity contribution in [2.75, 3.05) is 13.3 Å². The van der Waals surface area contributed by atoms with Crippen molar-refractivity contribution in [1.82, 2.24) is 5.32 Å². The van der Waals surface area contributed by atoms with Gasteiger partial charge in [0.1, 0.15) is 5.75 Å². The van der Waals surface area contributed by atoms with Gasteiger partial charge in [0, 0.05) is 18.0 Å². The first-order chi connectivity index (χ1) is 12.5. The molecule has 1 amide bonds. The van der Waals surface area contributed by atoms with E-state index in [1.165, 1.54) is 0 Å². The molecule has 1 aliphatic carbocycles. The van der Waals surface area contributed by atoms with Gasteiger partial charge in [-0.3, -0.25) is 9.59 Å². The first-order valence-electron chi connectivity index (χ1n) is 8.58. The number of carbonyl (C=O) groups excluding carboxylic acids is 3. The Morgan fingerprint density at radius 3 is 2.46 bits per heavy atom. The molecule has 1 aliphatic rings. The third kappa shape index (κ3) is 7.31. The van der Waals surface area contributed by atoms with E-state index < -0.39 is 18.9 Å². The van der Waals surface area contributed by atoms with E-state index in [9.17, 15) is 14.4 Å². The molecule has 0 aliphatic heterocycles. The van der Waals surface area contributed by atoms with Gasteiger partial charge in [0.05, 0.1) is 5.92 Å². The Morgan fingerprint density at radius 2 is 1.77 bits per heavy atom. The Bertz CT molecular complexity index is 613. The molecule has 0 unspecified atom stereocenters. The Balaban J connectivity index is 1.50. The maximum Gasteiger partial charge on any atom is 0.410 e. The monoisotopic (exact) mass is 383 g/mol. The second-order valence-corrected chi connectivity index (χ2v) is 6.39. The van der Waals surface area contributed by atoms with Crippen LogP contribution in [0.4, 0.5) is 4.79 Å². The van der Waals surface area contributed by atoms with Crippen molar-refractivity contribution in [2.24, 2.45) is 5.92 Å². The maximum absolute atomic E-state index is 11.7. The van der Waals surface area contributed by atoms with E-state index in [2.05, 4.69) is 5.32 Å². The minimum absolute atomic E-state index is 0.0756. The van der Waals surface area contributed by atoms with Gasteiger partial charge in [-0.25, -0.2) is 4.79 Å². The lowest BCUT2D eigenvalue weighted by atomic mass is 10.1. The summed E-state index contributed by atoms with van der Waals surface area (Å²) in [6, 6.07) is 6.45. The van der Waals surface area contributed by atoms with Crippen LogP contribution < -0.4 is 10.1 Å². The highest BCUT2D eigenvalue weighted by Crippen LogP contribution is 2.25. The summed E-state index contributed by atoms with van der Waals surface area (Å²) in [6.45, 7) is -0.162. The van der Waals surface area contributed by atoms with E-state index in [4.69, 9.17) is 25.8 Å². The molecule has 26 heavy (non-hydrogen) atoms. The van der Waals surface area contributed by atoms with Crippen LogP contribution >= 0.6 is 11.6 Å². The average molecular weight is 384 g/mol. The Kier molecular flexibility index (Phi) is 8.21. The topological polar surface area (TPSA) is 90.9 Å². The summed E-state index contributed by atoms with van der Waals surface area (Å²) in [4.78, 5) is 34.8. The standard InChI is InChI=1S/C18H22ClNO6/c19-14-7-9-15(10-8-14)26-16(21)6-3-11-20-18(23)25-12-24-17(22)13-4-1-2-5-13/h7-10,13H,1-6,11-12H2,(H,20,23). The molecular weight excluding hydrogens is 362 g/mol. The van der Waals surface area contributed by atoms with Gasteiger partial charge in [-0.1, -0.05) is 24.4 Å². The van der Waals surface area contributed by atoms with Crippen LogP contribution in [0.2, 0.25) is 5.02 Å². The lowest BCUT2D eigenvalue weighted by Crippen LogP contribution is -2.28. The van der Waals surface area contributed by atoms with Gasteiger partial charge in [-0.15, -0.1) is 0 Å². The number of amides is 1. The van der Waals surface area contributed by atoms with Crippen LogP contribution in [0.15, 0.2) is 24.3 Å². The molecule has 142 valence electrons. The second kappa shape index (κ2) is 10.7. The number of alkyl carbamates (subject to hydrolysis) is 1. The Morgan fingerprint density at radius 1 is 1.08 bits per heavy atom. The predicted octanol–water partition coefficient (Wildman–Crippen LogP) is 3.44. The molecule has 1 aromatic carbocycles. The highest BCUT2D eigenvalue weighted by molar-refractivity contribution is 6.30. The third-order valence-corrected chi connectivity index (χ3v) is 4.20. The molecule has 0 bridgehead atoms. The van der Waals surface area contributed by atoms with E-state index in [0.717, 1.165) is 25.7 Å². The maximum atomic E-state index is 11.7. The smallest absolute Gasteiger partial charge is 0.410 e. The fourth-order valence-corrected chi connectivity index (χ4v) is 2.71. The summed E-state index contributed by atoms with van der Waals surface area (Å²) in [6.07, 6.45) is 3.55. The quantitative estimate of drug-likeness (QED) is 0.320. The van der Waals surface area contributed by atoms with Crippen molar-refractivity contribution < 1.29 is 28.6 Å². The van der Waals surface area contributed by atoms with E-state index in [1.807, 2.05) is 0 Å². The lowest BCUT2D eigenvalue weighted by molar-refractivity contribution is -0.156. The first-order valence-corrected chi connectivity index (χ1v) is 8.96. The number of carbonyl (C=O) groups is 3. The molecule has 1 aromatic rings. The molecule has 2 rings (SSSR count). The molecule has 0 atom stereocenters. The number of rotatable bonds is 8. The summed E-state index contributed by atoms with van der Waals surface area (Å²) in [5, 5.41) is 3.03. The lowest BCUT2D eigenvalue weighted by Gasteiger charge is -2.10. The fourth-order valence-electron chi connectivity index (χ4n) is 2.58. The molecule has 7 nitrogen and oxygen atoms in total. The number of halogens is 1. The van der Waals surface area contributed by atoms with Crippen LogP contribution in [0.3, 0.4) is 0 Å². The van der Waals surface area contributed by atoms with Crippen molar-refractivity contribution in [3.8, 4) is 5.75 Å². The third-order valence-electron chi connectivity index (χ3n) is 3.95. The number of hydrogen-bond acceptors (Lipinski definition) is 6. The van der Waals surface area contributed by atoms with E-state index in [0.29, 0.717) is 17.2 Å². The normalized spacial score (nSPS) is 13.9. The molecule has 1 fully saturated rings. The van der Waals surface area contributed by atoms with Gasteiger partial charge >= 0.3 is 18.0 Å². The van der Waals surface area contributed by atoms with Gasteiger partial charge in [-0.05, 0) is 43.5 Å². The minimum atomic E-state index is -0.699. The van der Waals surface area contributed by atoms with Crippen molar-refractivity contribution in [1.29, 1.82) is 0 Å². The zero-order valence-corrected chi connectivity index (χ0v) is 15.1. The highest BCUT2D eigenvalue weighted by atomic mass is 35.5. The van der Waals surface area contributed by atoms with Crippen LogP contribution in [0, 0.1) is 5.92 Å². The highest BCUT2D eigenvalue weighted by Gasteiger charge is 2.24. The van der Waals surface area contributed by atoms with E-state index in [1.54, 1.807) is 24.3 Å². The molecule has 0 aromatic heterocycles. The average Bonchev–Trinajstić information content (AvgIpc) is 3.15. The second-order valence-electron chi connectivity index (χ2n) is 5.95. The summed E-state index contributed by atoms with van der Waals surface area (Å²) < 4.78 is 14.8. The predicted molar refractivity (Wildman–Crippen MR) is 93.7 cm³/mol.